The number of nitrogens with one attached hydrogen (secondary N) is 1. The molecule has 0 radical (unpaired) electrons. The Balaban J connectivity index is 3.00. The van der Waals surface area contributed by atoms with E-state index in [4.69, 9.17) is 14.2 Å². The van der Waals surface area contributed by atoms with E-state index in [1.54, 1.807) is 53.7 Å². The van der Waals surface area contributed by atoms with Gasteiger partial charge in [-0.2, -0.15) is 0 Å². The van der Waals surface area contributed by atoms with E-state index in [9.17, 15) is 14.7 Å². The monoisotopic (exact) mass is 367 g/mol. The van der Waals surface area contributed by atoms with Crippen molar-refractivity contribution in [2.24, 2.45) is 0 Å². The lowest BCUT2D eigenvalue weighted by atomic mass is 10.0. The van der Waals surface area contributed by atoms with E-state index in [2.05, 4.69) is 5.32 Å². The molecule has 7 heteroatoms. The summed E-state index contributed by atoms with van der Waals surface area (Å²) < 4.78 is 15.7. The van der Waals surface area contributed by atoms with Crippen molar-refractivity contribution in [3.05, 3.63) is 23.8 Å². The normalized spacial score (nSPS) is 12.9. The van der Waals surface area contributed by atoms with E-state index < -0.39 is 29.3 Å². The van der Waals surface area contributed by atoms with Crippen molar-refractivity contribution in [3.63, 3.8) is 0 Å². The van der Waals surface area contributed by atoms with Crippen LogP contribution in [0.4, 0.5) is 4.79 Å². The van der Waals surface area contributed by atoms with Crippen molar-refractivity contribution in [2.75, 3.05) is 7.11 Å². The van der Waals surface area contributed by atoms with E-state index in [1.807, 2.05) is 0 Å². The highest BCUT2D eigenvalue weighted by Gasteiger charge is 2.29. The molecule has 0 saturated carbocycles. The van der Waals surface area contributed by atoms with Crippen LogP contribution in [0.15, 0.2) is 18.2 Å². The predicted molar refractivity (Wildman–Crippen MR) is 97.4 cm³/mol. The predicted octanol–water partition coefficient (Wildman–Crippen LogP) is 3.18. The van der Waals surface area contributed by atoms with Crippen LogP contribution in [0, 0.1) is 0 Å². The molecule has 0 fully saturated rings. The fourth-order valence-corrected chi connectivity index (χ4v) is 2.10. The van der Waals surface area contributed by atoms with Gasteiger partial charge in [-0.3, -0.25) is 0 Å². The Labute approximate surface area is 154 Å². The number of amides is 1. The average Bonchev–Trinajstić information content (AvgIpc) is 2.44. The van der Waals surface area contributed by atoms with Gasteiger partial charge < -0.3 is 24.6 Å². The molecule has 1 amide bonds. The Hall–Kier alpha value is -2.44. The van der Waals surface area contributed by atoms with Crippen LogP contribution in [-0.2, 0) is 20.7 Å². The first-order valence-electron chi connectivity index (χ1n) is 8.39. The Morgan fingerprint density at radius 2 is 1.65 bits per heavy atom. The number of alkyl carbamates (subject to hydrolysis) is 1. The van der Waals surface area contributed by atoms with Crippen molar-refractivity contribution >= 4 is 12.1 Å². The molecular formula is C19H29NO6. The number of aromatic hydroxyl groups is 1. The number of hydrogen-bond acceptors (Lipinski definition) is 6. The van der Waals surface area contributed by atoms with Crippen LogP contribution in [0.3, 0.4) is 0 Å². The molecular weight excluding hydrogens is 338 g/mol. The number of carbonyl (C=O) groups is 2. The van der Waals surface area contributed by atoms with Gasteiger partial charge in [0, 0.05) is 6.42 Å². The highest BCUT2D eigenvalue weighted by molar-refractivity contribution is 5.82. The number of benzene rings is 1. The average molecular weight is 367 g/mol. The molecule has 0 aliphatic carbocycles. The Morgan fingerprint density at radius 3 is 2.15 bits per heavy atom. The van der Waals surface area contributed by atoms with Gasteiger partial charge in [0.2, 0.25) is 0 Å². The zero-order valence-electron chi connectivity index (χ0n) is 16.5. The molecule has 0 saturated heterocycles. The number of phenolic OH excluding ortho intramolecular Hbond substituents is 1. The second-order valence-electron chi connectivity index (χ2n) is 7.94. The third-order valence-corrected chi connectivity index (χ3v) is 3.07. The summed E-state index contributed by atoms with van der Waals surface area (Å²) in [7, 11) is 1.43. The summed E-state index contributed by atoms with van der Waals surface area (Å²) in [5.41, 5.74) is -0.700. The highest BCUT2D eigenvalue weighted by Crippen LogP contribution is 2.27. The number of ether oxygens (including phenoxy) is 3. The molecule has 0 aliphatic rings. The lowest BCUT2D eigenvalue weighted by Crippen LogP contribution is -2.47. The van der Waals surface area contributed by atoms with Gasteiger partial charge in [0.25, 0.3) is 0 Å². The maximum Gasteiger partial charge on any atom is 0.408 e. The van der Waals surface area contributed by atoms with Crippen LogP contribution >= 0.6 is 0 Å². The Morgan fingerprint density at radius 1 is 1.08 bits per heavy atom. The quantitative estimate of drug-likeness (QED) is 0.776. The van der Waals surface area contributed by atoms with Gasteiger partial charge in [0.15, 0.2) is 11.5 Å². The molecule has 0 spiro atoms. The van der Waals surface area contributed by atoms with Crippen molar-refractivity contribution in [1.82, 2.24) is 5.32 Å². The minimum atomic E-state index is -0.946. The third kappa shape index (κ3) is 7.63. The summed E-state index contributed by atoms with van der Waals surface area (Å²) in [6.45, 7) is 10.5. The highest BCUT2D eigenvalue weighted by atomic mass is 16.6. The first kappa shape index (κ1) is 21.6. The number of hydrogen-bond donors (Lipinski definition) is 2. The summed E-state index contributed by atoms with van der Waals surface area (Å²) in [6, 6.07) is 3.77. The smallest absolute Gasteiger partial charge is 0.408 e. The molecule has 0 unspecified atom stereocenters. The number of esters is 1. The van der Waals surface area contributed by atoms with Gasteiger partial charge in [0.1, 0.15) is 17.2 Å². The summed E-state index contributed by atoms with van der Waals surface area (Å²) in [5.74, 6) is -0.303. The lowest BCUT2D eigenvalue weighted by Gasteiger charge is -2.26. The van der Waals surface area contributed by atoms with Gasteiger partial charge in [-0.15, -0.1) is 0 Å². The second-order valence-corrected chi connectivity index (χ2v) is 7.94. The van der Waals surface area contributed by atoms with Crippen molar-refractivity contribution < 1.29 is 28.9 Å². The standard InChI is InChI=1S/C19H29NO6/c1-18(2,3)25-16(22)13(20-17(23)26-19(4,5)6)10-12-8-9-14(21)15(11-12)24-7/h8-9,11,13,21H,10H2,1-7H3,(H,20,23)/t13-/m0/s1. The number of carbonyl (C=O) groups excluding carboxylic acids is 2. The number of phenols is 1. The maximum absolute atomic E-state index is 12.5. The zero-order valence-corrected chi connectivity index (χ0v) is 16.5. The van der Waals surface area contributed by atoms with E-state index >= 15 is 0 Å². The molecule has 0 aromatic heterocycles. The minimum Gasteiger partial charge on any atom is -0.504 e. The summed E-state index contributed by atoms with van der Waals surface area (Å²) in [6.07, 6.45) is -0.552. The molecule has 1 aromatic carbocycles. The fourth-order valence-electron chi connectivity index (χ4n) is 2.10. The summed E-state index contributed by atoms with van der Waals surface area (Å²) in [5, 5.41) is 12.3. The van der Waals surface area contributed by atoms with E-state index in [0.29, 0.717) is 5.56 Å². The largest absolute Gasteiger partial charge is 0.504 e. The first-order chi connectivity index (χ1) is 11.8. The van der Waals surface area contributed by atoms with Crippen molar-refractivity contribution in [1.29, 1.82) is 0 Å². The summed E-state index contributed by atoms with van der Waals surface area (Å²) >= 11 is 0. The topological polar surface area (TPSA) is 94.1 Å². The molecule has 146 valence electrons. The van der Waals surface area contributed by atoms with Crippen molar-refractivity contribution in [3.8, 4) is 11.5 Å². The Bertz CT molecular complexity index is 642. The van der Waals surface area contributed by atoms with E-state index in [0.717, 1.165) is 0 Å². The molecule has 0 heterocycles. The fraction of sp³-hybridized carbons (Fsp3) is 0.579. The van der Waals surface area contributed by atoms with Crippen LogP contribution in [0.1, 0.15) is 47.1 Å². The molecule has 1 rings (SSSR count). The SMILES string of the molecule is COc1cc(C[C@H](NC(=O)OC(C)(C)C)C(=O)OC(C)(C)C)ccc1O. The van der Waals surface area contributed by atoms with Crippen LogP contribution < -0.4 is 10.1 Å². The van der Waals surface area contributed by atoms with Gasteiger partial charge in [-0.1, -0.05) is 6.07 Å². The molecule has 1 atom stereocenters. The molecule has 0 bridgehead atoms. The van der Waals surface area contributed by atoms with Gasteiger partial charge in [-0.25, -0.2) is 9.59 Å². The van der Waals surface area contributed by atoms with Crippen LogP contribution in [-0.4, -0.2) is 41.5 Å². The lowest BCUT2D eigenvalue weighted by molar-refractivity contribution is -0.157. The van der Waals surface area contributed by atoms with Crippen LogP contribution in [0.5, 0.6) is 11.5 Å². The van der Waals surface area contributed by atoms with Gasteiger partial charge >= 0.3 is 12.1 Å². The van der Waals surface area contributed by atoms with E-state index in [-0.39, 0.29) is 17.9 Å². The maximum atomic E-state index is 12.5. The molecule has 26 heavy (non-hydrogen) atoms. The molecule has 1 aromatic rings. The van der Waals surface area contributed by atoms with Gasteiger partial charge in [0.05, 0.1) is 7.11 Å². The molecule has 2 N–H and O–H groups in total. The summed E-state index contributed by atoms with van der Waals surface area (Å²) in [4.78, 5) is 24.6. The van der Waals surface area contributed by atoms with Gasteiger partial charge in [-0.05, 0) is 59.2 Å². The molecule has 7 nitrogen and oxygen atoms in total. The van der Waals surface area contributed by atoms with Crippen LogP contribution in [0.2, 0.25) is 0 Å². The third-order valence-electron chi connectivity index (χ3n) is 3.07. The zero-order chi connectivity index (χ0) is 20.1. The number of rotatable bonds is 5. The van der Waals surface area contributed by atoms with Crippen LogP contribution in [0.25, 0.3) is 0 Å². The Kier molecular flexibility index (Phi) is 6.89. The molecule has 0 aliphatic heterocycles. The number of methoxy groups -OCH3 is 1. The first-order valence-corrected chi connectivity index (χ1v) is 8.39. The van der Waals surface area contributed by atoms with Crippen molar-refractivity contribution in [2.45, 2.75) is 65.2 Å². The second kappa shape index (κ2) is 8.29. The minimum absolute atomic E-state index is 0.00910. The van der Waals surface area contributed by atoms with E-state index in [1.165, 1.54) is 13.2 Å².